The number of carbonyl (C=O) groups excluding carboxylic acids is 2. The number of rotatable bonds is 5. The fourth-order valence-electron chi connectivity index (χ4n) is 4.47. The van der Waals surface area contributed by atoms with Gasteiger partial charge in [0.25, 0.3) is 15.9 Å². The lowest BCUT2D eigenvalue weighted by Crippen LogP contribution is -2.53. The average molecular weight is 488 g/mol. The van der Waals surface area contributed by atoms with Crippen LogP contribution in [0.4, 0.5) is 5.69 Å². The Kier molecular flexibility index (Phi) is 6.81. The lowest BCUT2D eigenvalue weighted by Gasteiger charge is -2.42. The Morgan fingerprint density at radius 1 is 1.18 bits per heavy atom. The monoisotopic (exact) mass is 487 g/mol. The second kappa shape index (κ2) is 9.63. The first-order valence-electron chi connectivity index (χ1n) is 11.2. The highest BCUT2D eigenvalue weighted by atomic mass is 32.2. The molecule has 2 aromatic carbocycles. The molecule has 2 amide bonds. The molecule has 0 unspecified atom stereocenters. The zero-order valence-electron chi connectivity index (χ0n) is 19.4. The van der Waals surface area contributed by atoms with Gasteiger partial charge in [-0.2, -0.15) is 0 Å². The van der Waals surface area contributed by atoms with Gasteiger partial charge in [0.15, 0.2) is 0 Å². The third kappa shape index (κ3) is 4.88. The largest absolute Gasteiger partial charge is 0.490 e. The van der Waals surface area contributed by atoms with E-state index in [9.17, 15) is 18.0 Å². The molecule has 2 aromatic rings. The summed E-state index contributed by atoms with van der Waals surface area (Å²) < 4.78 is 40.4. The van der Waals surface area contributed by atoms with Gasteiger partial charge in [0.1, 0.15) is 18.5 Å². The number of amides is 2. The van der Waals surface area contributed by atoms with Crippen molar-refractivity contribution in [3.8, 4) is 5.75 Å². The summed E-state index contributed by atoms with van der Waals surface area (Å²) in [7, 11) is -0.525. The van der Waals surface area contributed by atoms with E-state index in [1.165, 1.54) is 12.1 Å². The number of likely N-dealkylation sites (N-methyl/N-ethyl adjacent to an activating group) is 1. The van der Waals surface area contributed by atoms with Crippen molar-refractivity contribution in [1.29, 1.82) is 0 Å². The number of carbonyl (C=O) groups is 2. The number of ether oxygens (including phenoxy) is 2. The molecule has 0 saturated carbocycles. The average Bonchev–Trinajstić information content (AvgIpc) is 2.81. The van der Waals surface area contributed by atoms with Crippen LogP contribution >= 0.6 is 0 Å². The lowest BCUT2D eigenvalue weighted by atomic mass is 9.94. The van der Waals surface area contributed by atoms with Gasteiger partial charge in [0.05, 0.1) is 29.0 Å². The molecule has 0 aromatic heterocycles. The molecular weight excluding hydrogens is 458 g/mol. The molecule has 1 saturated heterocycles. The zero-order valence-corrected chi connectivity index (χ0v) is 20.2. The Morgan fingerprint density at radius 3 is 2.68 bits per heavy atom. The fraction of sp³-hybridized carbons (Fsp3) is 0.417. The molecule has 2 N–H and O–H groups in total. The second-order valence-corrected chi connectivity index (χ2v) is 10.3. The smallest absolute Gasteiger partial charge is 0.262 e. The Bertz CT molecular complexity index is 1200. The van der Waals surface area contributed by atoms with E-state index in [0.29, 0.717) is 24.2 Å². The summed E-state index contributed by atoms with van der Waals surface area (Å²) in [6.45, 7) is 1.94. The maximum absolute atomic E-state index is 13.3. The number of benzene rings is 2. The highest BCUT2D eigenvalue weighted by Gasteiger charge is 2.39. The van der Waals surface area contributed by atoms with Gasteiger partial charge in [0.2, 0.25) is 5.91 Å². The minimum Gasteiger partial charge on any atom is -0.490 e. The normalized spacial score (nSPS) is 22.5. The molecule has 10 heteroatoms. The SMILES string of the molecule is CNC(=O)C[C@H]1CC[C@@H]2[C@@H](COc3ccc(NS(=O)(=O)c4ccccc4C)cc3C(=O)N2C)O1. The van der Waals surface area contributed by atoms with E-state index in [-0.39, 0.29) is 59.2 Å². The zero-order chi connectivity index (χ0) is 24.5. The van der Waals surface area contributed by atoms with E-state index >= 15 is 0 Å². The molecule has 2 aliphatic heterocycles. The Hall–Kier alpha value is -3.11. The first-order valence-corrected chi connectivity index (χ1v) is 12.7. The van der Waals surface area contributed by atoms with Crippen LogP contribution in [0.25, 0.3) is 0 Å². The van der Waals surface area contributed by atoms with Crippen LogP contribution in [0.3, 0.4) is 0 Å². The molecule has 0 bridgehead atoms. The van der Waals surface area contributed by atoms with Crippen molar-refractivity contribution in [1.82, 2.24) is 10.2 Å². The third-order valence-corrected chi connectivity index (χ3v) is 7.88. The standard InChI is InChI=1S/C24H29N3O6S/c1-15-6-4-5-7-22(15)34(30,31)26-16-8-11-20-18(12-16)24(29)27(3)19-10-9-17(13-23(28)25-2)33-21(19)14-32-20/h4-8,11-12,17,19,21,26H,9-10,13-14H2,1-3H3,(H,25,28)/t17-,19-,21-/m1/s1. The molecule has 34 heavy (non-hydrogen) atoms. The fourth-order valence-corrected chi connectivity index (χ4v) is 5.76. The Morgan fingerprint density at radius 2 is 1.94 bits per heavy atom. The van der Waals surface area contributed by atoms with Gasteiger partial charge in [-0.25, -0.2) is 8.42 Å². The number of aryl methyl sites for hydroxylation is 1. The summed E-state index contributed by atoms with van der Waals surface area (Å²) in [5.74, 6) is -0.0215. The summed E-state index contributed by atoms with van der Waals surface area (Å²) in [6.07, 6.45) is 0.982. The van der Waals surface area contributed by atoms with Gasteiger partial charge in [-0.05, 0) is 49.6 Å². The van der Waals surface area contributed by atoms with Crippen LogP contribution in [0.2, 0.25) is 0 Å². The molecule has 3 atom stereocenters. The van der Waals surface area contributed by atoms with Crippen LogP contribution in [-0.2, 0) is 19.6 Å². The molecule has 2 heterocycles. The maximum Gasteiger partial charge on any atom is 0.262 e. The second-order valence-electron chi connectivity index (χ2n) is 8.63. The van der Waals surface area contributed by atoms with E-state index < -0.39 is 10.0 Å². The quantitative estimate of drug-likeness (QED) is 0.669. The van der Waals surface area contributed by atoms with E-state index in [0.717, 1.165) is 0 Å². The van der Waals surface area contributed by atoms with Crippen molar-refractivity contribution in [3.05, 3.63) is 53.6 Å². The molecule has 2 aliphatic rings. The maximum atomic E-state index is 13.3. The summed E-state index contributed by atoms with van der Waals surface area (Å²) in [6, 6.07) is 11.1. The third-order valence-electron chi connectivity index (χ3n) is 6.34. The van der Waals surface area contributed by atoms with Crippen LogP contribution in [-0.4, -0.2) is 64.1 Å². The number of nitrogens with zero attached hydrogens (tertiary/aromatic N) is 1. The summed E-state index contributed by atoms with van der Waals surface area (Å²) >= 11 is 0. The molecule has 1 fully saturated rings. The van der Waals surface area contributed by atoms with Crippen molar-refractivity contribution in [2.24, 2.45) is 0 Å². The Labute approximate surface area is 199 Å². The number of anilines is 1. The first-order chi connectivity index (χ1) is 16.2. The molecule has 0 aliphatic carbocycles. The van der Waals surface area contributed by atoms with E-state index in [4.69, 9.17) is 9.47 Å². The van der Waals surface area contributed by atoms with Crippen molar-refractivity contribution in [3.63, 3.8) is 0 Å². The highest BCUT2D eigenvalue weighted by Crippen LogP contribution is 2.33. The van der Waals surface area contributed by atoms with Crippen molar-refractivity contribution in [2.75, 3.05) is 25.4 Å². The summed E-state index contributed by atoms with van der Waals surface area (Å²) in [5.41, 5.74) is 1.17. The lowest BCUT2D eigenvalue weighted by molar-refractivity contribution is -0.133. The van der Waals surface area contributed by atoms with Crippen molar-refractivity contribution in [2.45, 2.75) is 49.3 Å². The number of fused-ring (bicyclic) bond motifs is 2. The highest BCUT2D eigenvalue weighted by molar-refractivity contribution is 7.92. The first kappa shape index (κ1) is 24.0. The predicted molar refractivity (Wildman–Crippen MR) is 126 cm³/mol. The van der Waals surface area contributed by atoms with Gasteiger partial charge < -0.3 is 19.7 Å². The van der Waals surface area contributed by atoms with Gasteiger partial charge in [0, 0.05) is 19.8 Å². The van der Waals surface area contributed by atoms with Crippen LogP contribution in [0.5, 0.6) is 5.75 Å². The number of nitrogens with one attached hydrogen (secondary N) is 2. The van der Waals surface area contributed by atoms with Crippen molar-refractivity contribution >= 4 is 27.5 Å². The molecule has 0 spiro atoms. The number of sulfonamides is 1. The minimum absolute atomic E-state index is 0.0920. The molecule has 0 radical (unpaired) electrons. The molecule has 182 valence electrons. The summed E-state index contributed by atoms with van der Waals surface area (Å²) in [5, 5.41) is 2.61. The minimum atomic E-state index is -3.82. The number of hydrogen-bond donors (Lipinski definition) is 2. The van der Waals surface area contributed by atoms with E-state index in [2.05, 4.69) is 10.0 Å². The molecule has 4 rings (SSSR count). The number of hydrogen-bond acceptors (Lipinski definition) is 6. The van der Waals surface area contributed by atoms with Crippen LogP contribution in [0.1, 0.15) is 35.2 Å². The predicted octanol–water partition coefficient (Wildman–Crippen LogP) is 2.31. The van der Waals surface area contributed by atoms with Crippen LogP contribution < -0.4 is 14.8 Å². The van der Waals surface area contributed by atoms with Gasteiger partial charge in [-0.3, -0.25) is 14.3 Å². The van der Waals surface area contributed by atoms with E-state index in [1.54, 1.807) is 56.3 Å². The van der Waals surface area contributed by atoms with Crippen LogP contribution in [0, 0.1) is 6.92 Å². The van der Waals surface area contributed by atoms with Crippen molar-refractivity contribution < 1.29 is 27.5 Å². The topological polar surface area (TPSA) is 114 Å². The van der Waals surface area contributed by atoms with Gasteiger partial charge in [-0.1, -0.05) is 18.2 Å². The Balaban J connectivity index is 1.56. The molecular formula is C24H29N3O6S. The van der Waals surface area contributed by atoms with E-state index in [1.807, 2.05) is 0 Å². The van der Waals surface area contributed by atoms with Gasteiger partial charge >= 0.3 is 0 Å². The van der Waals surface area contributed by atoms with Crippen LogP contribution in [0.15, 0.2) is 47.4 Å². The summed E-state index contributed by atoms with van der Waals surface area (Å²) in [4.78, 5) is 26.9. The molecule has 9 nitrogen and oxygen atoms in total. The van der Waals surface area contributed by atoms with Gasteiger partial charge in [-0.15, -0.1) is 0 Å².